The Morgan fingerprint density at radius 1 is 1.77 bits per heavy atom. The summed E-state index contributed by atoms with van der Waals surface area (Å²) in [4.78, 5) is 13.0. The van der Waals surface area contributed by atoms with E-state index in [9.17, 15) is 4.79 Å². The zero-order valence-electron chi connectivity index (χ0n) is 7.86. The van der Waals surface area contributed by atoms with Gasteiger partial charge in [0.1, 0.15) is 6.61 Å². The first-order chi connectivity index (χ1) is 6.27. The van der Waals surface area contributed by atoms with Crippen LogP contribution in [0.3, 0.4) is 0 Å². The van der Waals surface area contributed by atoms with Gasteiger partial charge in [0.25, 0.3) is 0 Å². The maximum atomic E-state index is 11.3. The van der Waals surface area contributed by atoms with Gasteiger partial charge in [-0.25, -0.2) is 0 Å². The smallest absolute Gasteiger partial charge is 0.248 e. The Kier molecular flexibility index (Phi) is 4.14. The van der Waals surface area contributed by atoms with Crippen LogP contribution in [0.25, 0.3) is 0 Å². The van der Waals surface area contributed by atoms with Gasteiger partial charge in [0.05, 0.1) is 12.7 Å². The highest BCUT2D eigenvalue weighted by molar-refractivity contribution is 5.78. The normalized spacial score (nSPS) is 23.7. The maximum absolute atomic E-state index is 11.3. The van der Waals surface area contributed by atoms with Crippen molar-refractivity contribution in [3.63, 3.8) is 0 Å². The first-order valence-electron chi connectivity index (χ1n) is 4.36. The zero-order valence-corrected chi connectivity index (χ0v) is 7.86. The molecule has 76 valence electrons. The third-order valence-corrected chi connectivity index (χ3v) is 2.05. The molecule has 1 saturated heterocycles. The van der Waals surface area contributed by atoms with E-state index in [1.54, 1.807) is 12.0 Å². The Labute approximate surface area is 77.8 Å². The number of hydrogen-bond donors (Lipinski definition) is 1. The molecule has 1 atom stereocenters. The number of ether oxygens (including phenoxy) is 2. The van der Waals surface area contributed by atoms with Crippen molar-refractivity contribution in [1.29, 1.82) is 0 Å². The fraction of sp³-hybridized carbons (Fsp3) is 0.875. The van der Waals surface area contributed by atoms with E-state index in [2.05, 4.69) is 0 Å². The van der Waals surface area contributed by atoms with Gasteiger partial charge in [-0.15, -0.1) is 0 Å². The molecule has 0 aliphatic carbocycles. The summed E-state index contributed by atoms with van der Waals surface area (Å²) in [6, 6.07) is 0. The summed E-state index contributed by atoms with van der Waals surface area (Å²) >= 11 is 0. The number of nitrogens with two attached hydrogens (primary N) is 1. The van der Waals surface area contributed by atoms with Gasteiger partial charge in [0.2, 0.25) is 5.91 Å². The van der Waals surface area contributed by atoms with Crippen LogP contribution in [-0.4, -0.2) is 56.9 Å². The summed E-state index contributed by atoms with van der Waals surface area (Å²) in [7, 11) is 1.62. The summed E-state index contributed by atoms with van der Waals surface area (Å²) in [5, 5.41) is 0. The molecule has 0 spiro atoms. The second kappa shape index (κ2) is 5.16. The lowest BCUT2D eigenvalue weighted by atomic mass is 10.2. The first-order valence-corrected chi connectivity index (χ1v) is 4.36. The van der Waals surface area contributed by atoms with Gasteiger partial charge in [-0.2, -0.15) is 0 Å². The largest absolute Gasteiger partial charge is 0.383 e. The summed E-state index contributed by atoms with van der Waals surface area (Å²) in [5.74, 6) is 0.0155. The Bertz CT molecular complexity index is 175. The molecule has 1 heterocycles. The highest BCUT2D eigenvalue weighted by atomic mass is 16.5. The topological polar surface area (TPSA) is 64.8 Å². The van der Waals surface area contributed by atoms with Crippen molar-refractivity contribution in [2.75, 3.05) is 40.0 Å². The van der Waals surface area contributed by atoms with E-state index in [1.165, 1.54) is 0 Å². The minimum atomic E-state index is -0.0189. The van der Waals surface area contributed by atoms with E-state index in [0.29, 0.717) is 26.2 Å². The van der Waals surface area contributed by atoms with E-state index in [-0.39, 0.29) is 18.6 Å². The Hall–Kier alpha value is -0.650. The minimum Gasteiger partial charge on any atom is -0.383 e. The molecule has 1 amide bonds. The number of nitrogens with zero attached hydrogens (tertiary/aromatic N) is 1. The van der Waals surface area contributed by atoms with Crippen LogP contribution in [-0.2, 0) is 14.3 Å². The molecule has 0 bridgehead atoms. The number of rotatable bonds is 4. The van der Waals surface area contributed by atoms with E-state index < -0.39 is 0 Å². The van der Waals surface area contributed by atoms with Gasteiger partial charge < -0.3 is 20.1 Å². The number of methoxy groups -OCH3 is 1. The Morgan fingerprint density at radius 2 is 2.54 bits per heavy atom. The molecule has 0 saturated carbocycles. The van der Waals surface area contributed by atoms with Gasteiger partial charge in [-0.3, -0.25) is 4.79 Å². The Morgan fingerprint density at radius 3 is 3.15 bits per heavy atom. The van der Waals surface area contributed by atoms with Crippen molar-refractivity contribution in [1.82, 2.24) is 4.90 Å². The molecule has 1 rings (SSSR count). The average Bonchev–Trinajstić information content (AvgIpc) is 2.17. The number of hydrogen-bond acceptors (Lipinski definition) is 4. The third kappa shape index (κ3) is 2.95. The maximum Gasteiger partial charge on any atom is 0.248 e. The van der Waals surface area contributed by atoms with Crippen LogP contribution in [0.15, 0.2) is 0 Å². The SMILES string of the molecule is COCCN1C[C@@H](CN)OCC1=O. The molecule has 0 unspecified atom stereocenters. The lowest BCUT2D eigenvalue weighted by Gasteiger charge is -2.31. The quantitative estimate of drug-likeness (QED) is 0.603. The summed E-state index contributed by atoms with van der Waals surface area (Å²) in [6.07, 6.45) is -0.0189. The molecule has 0 aromatic heterocycles. The predicted molar refractivity (Wildman–Crippen MR) is 47.3 cm³/mol. The summed E-state index contributed by atoms with van der Waals surface area (Å²) < 4.78 is 10.1. The van der Waals surface area contributed by atoms with Crippen molar-refractivity contribution in [2.24, 2.45) is 5.73 Å². The van der Waals surface area contributed by atoms with Crippen LogP contribution >= 0.6 is 0 Å². The van der Waals surface area contributed by atoms with Crippen LogP contribution in [0, 0.1) is 0 Å². The van der Waals surface area contributed by atoms with Gasteiger partial charge in [-0.05, 0) is 0 Å². The average molecular weight is 188 g/mol. The van der Waals surface area contributed by atoms with Crippen LogP contribution < -0.4 is 5.73 Å². The fourth-order valence-corrected chi connectivity index (χ4v) is 1.24. The van der Waals surface area contributed by atoms with E-state index >= 15 is 0 Å². The molecule has 1 aliphatic heterocycles. The predicted octanol–water partition coefficient (Wildman–Crippen LogP) is -1.18. The van der Waals surface area contributed by atoms with E-state index in [0.717, 1.165) is 0 Å². The molecule has 1 fully saturated rings. The van der Waals surface area contributed by atoms with Crippen molar-refractivity contribution in [3.8, 4) is 0 Å². The molecule has 0 aromatic carbocycles. The van der Waals surface area contributed by atoms with Gasteiger partial charge in [0.15, 0.2) is 0 Å². The second-order valence-electron chi connectivity index (χ2n) is 3.00. The molecule has 2 N–H and O–H groups in total. The third-order valence-electron chi connectivity index (χ3n) is 2.05. The molecule has 0 radical (unpaired) electrons. The van der Waals surface area contributed by atoms with Gasteiger partial charge in [0, 0.05) is 26.7 Å². The number of carbonyl (C=O) groups excluding carboxylic acids is 1. The van der Waals surface area contributed by atoms with Crippen molar-refractivity contribution in [3.05, 3.63) is 0 Å². The van der Waals surface area contributed by atoms with Crippen molar-refractivity contribution in [2.45, 2.75) is 6.10 Å². The zero-order chi connectivity index (χ0) is 9.68. The monoisotopic (exact) mass is 188 g/mol. The highest BCUT2D eigenvalue weighted by Crippen LogP contribution is 2.04. The second-order valence-corrected chi connectivity index (χ2v) is 3.00. The molecule has 13 heavy (non-hydrogen) atoms. The lowest BCUT2D eigenvalue weighted by molar-refractivity contribution is -0.149. The molecular weight excluding hydrogens is 172 g/mol. The van der Waals surface area contributed by atoms with Crippen molar-refractivity contribution < 1.29 is 14.3 Å². The number of carbonyl (C=O) groups is 1. The molecule has 1 aliphatic rings. The summed E-state index contributed by atoms with van der Waals surface area (Å²) in [5.41, 5.74) is 5.45. The molecule has 0 aromatic rings. The number of morpholine rings is 1. The van der Waals surface area contributed by atoms with Crippen LogP contribution in [0.4, 0.5) is 0 Å². The lowest BCUT2D eigenvalue weighted by Crippen LogP contribution is -2.50. The Balaban J connectivity index is 2.36. The van der Waals surface area contributed by atoms with E-state index in [4.69, 9.17) is 15.2 Å². The highest BCUT2D eigenvalue weighted by Gasteiger charge is 2.24. The fourth-order valence-electron chi connectivity index (χ4n) is 1.24. The summed E-state index contributed by atoms with van der Waals surface area (Å²) in [6.45, 7) is 2.36. The number of amides is 1. The minimum absolute atomic E-state index is 0.0155. The van der Waals surface area contributed by atoms with Gasteiger partial charge in [-0.1, -0.05) is 0 Å². The van der Waals surface area contributed by atoms with Crippen LogP contribution in [0.2, 0.25) is 0 Å². The van der Waals surface area contributed by atoms with Crippen LogP contribution in [0.5, 0.6) is 0 Å². The molecule has 5 nitrogen and oxygen atoms in total. The van der Waals surface area contributed by atoms with Crippen molar-refractivity contribution >= 4 is 5.91 Å². The molecular formula is C8H16N2O3. The first kappa shape index (κ1) is 10.4. The molecule has 5 heteroatoms. The standard InChI is InChI=1S/C8H16N2O3/c1-12-3-2-10-5-7(4-9)13-6-8(10)11/h7H,2-6,9H2,1H3/t7-/m1/s1. The van der Waals surface area contributed by atoms with Gasteiger partial charge >= 0.3 is 0 Å². The van der Waals surface area contributed by atoms with Crippen LogP contribution in [0.1, 0.15) is 0 Å². The van der Waals surface area contributed by atoms with E-state index in [1.807, 2.05) is 0 Å².